The number of hydrogen-bond donors (Lipinski definition) is 2. The Bertz CT molecular complexity index is 1670. The summed E-state index contributed by atoms with van der Waals surface area (Å²) in [6.45, 7) is 1.55. The lowest BCUT2D eigenvalue weighted by atomic mass is 10.0. The molecule has 5 aromatic heterocycles. The minimum absolute atomic E-state index is 0.0247. The summed E-state index contributed by atoms with van der Waals surface area (Å²) in [6, 6.07) is 8.72. The van der Waals surface area contributed by atoms with Gasteiger partial charge in [-0.05, 0) is 31.2 Å². The lowest BCUT2D eigenvalue weighted by Crippen LogP contribution is -1.88. The first-order chi connectivity index (χ1) is 16.1. The zero-order valence-corrected chi connectivity index (χ0v) is 17.9. The molecule has 8 nitrogen and oxygen atoms in total. The summed E-state index contributed by atoms with van der Waals surface area (Å²) in [5.74, 6) is 0.123. The standard InChI is InChI=1S/C23H14FN7OS/c1-11(32)18-2-3-19(33-18)13-4-5-27-22-20(13)28-23(29-22)21-15-6-14(12-8-25-10-26-9-12)16(24)7-17(15)30-31-21/h2-10H,1H3,(H,30,31)(H,27,28,29). The number of fused-ring (bicyclic) bond motifs is 2. The average Bonchev–Trinajstić information content (AvgIpc) is 3.56. The number of aromatic nitrogens is 7. The summed E-state index contributed by atoms with van der Waals surface area (Å²) in [7, 11) is 0. The van der Waals surface area contributed by atoms with Crippen LogP contribution in [-0.4, -0.2) is 40.9 Å². The van der Waals surface area contributed by atoms with Crippen molar-refractivity contribution in [2.24, 2.45) is 0 Å². The van der Waals surface area contributed by atoms with Crippen molar-refractivity contribution in [3.8, 4) is 33.1 Å². The molecule has 0 saturated carbocycles. The van der Waals surface area contributed by atoms with Crippen LogP contribution in [0.1, 0.15) is 16.6 Å². The molecule has 160 valence electrons. The third-order valence-electron chi connectivity index (χ3n) is 5.36. The molecule has 5 heterocycles. The molecule has 0 amide bonds. The predicted octanol–water partition coefficient (Wildman–Crippen LogP) is 5.03. The SMILES string of the molecule is CC(=O)c1ccc(-c2ccnc3nc(-c4n[nH]c5cc(F)c(-c6cncnc6)cc45)[nH]c23)s1. The van der Waals surface area contributed by atoms with Gasteiger partial charge in [0.25, 0.3) is 0 Å². The predicted molar refractivity (Wildman–Crippen MR) is 123 cm³/mol. The van der Waals surface area contributed by atoms with Gasteiger partial charge in [-0.25, -0.2) is 24.3 Å². The number of ketones is 1. The van der Waals surface area contributed by atoms with Gasteiger partial charge >= 0.3 is 0 Å². The second-order valence-corrected chi connectivity index (χ2v) is 8.52. The van der Waals surface area contributed by atoms with Crippen LogP contribution in [0.3, 0.4) is 0 Å². The number of carbonyl (C=O) groups is 1. The van der Waals surface area contributed by atoms with Crippen molar-refractivity contribution in [3.63, 3.8) is 0 Å². The molecule has 0 aliphatic heterocycles. The Balaban J connectivity index is 1.51. The number of benzene rings is 1. The van der Waals surface area contributed by atoms with Crippen LogP contribution in [-0.2, 0) is 0 Å². The summed E-state index contributed by atoms with van der Waals surface area (Å²) in [6.07, 6.45) is 6.20. The number of nitrogens with zero attached hydrogens (tertiary/aromatic N) is 5. The molecule has 10 heteroatoms. The lowest BCUT2D eigenvalue weighted by molar-refractivity contribution is 0.102. The van der Waals surface area contributed by atoms with E-state index >= 15 is 0 Å². The van der Waals surface area contributed by atoms with E-state index in [1.54, 1.807) is 31.6 Å². The fourth-order valence-corrected chi connectivity index (χ4v) is 4.71. The number of Topliss-reactive ketones (excluding diaryl/α,β-unsaturated/α-hetero) is 1. The summed E-state index contributed by atoms with van der Waals surface area (Å²) in [4.78, 5) is 33.6. The number of nitrogens with one attached hydrogen (secondary N) is 2. The first-order valence-corrected chi connectivity index (χ1v) is 10.8. The highest BCUT2D eigenvalue weighted by molar-refractivity contribution is 7.17. The van der Waals surface area contributed by atoms with E-state index in [1.165, 1.54) is 23.7 Å². The molecule has 0 spiro atoms. The van der Waals surface area contributed by atoms with Crippen LogP contribution in [0.4, 0.5) is 4.39 Å². The molecule has 0 unspecified atom stereocenters. The second kappa shape index (κ2) is 7.38. The Labute approximate surface area is 189 Å². The third kappa shape index (κ3) is 3.19. The monoisotopic (exact) mass is 455 g/mol. The molecule has 0 atom stereocenters. The molecule has 6 rings (SSSR count). The Morgan fingerprint density at radius 2 is 1.94 bits per heavy atom. The van der Waals surface area contributed by atoms with Gasteiger partial charge in [0, 0.05) is 51.6 Å². The fourth-order valence-electron chi connectivity index (χ4n) is 3.78. The zero-order chi connectivity index (χ0) is 22.5. The van der Waals surface area contributed by atoms with E-state index in [2.05, 4.69) is 35.1 Å². The number of aromatic amines is 2. The molecule has 1 aromatic carbocycles. The summed E-state index contributed by atoms with van der Waals surface area (Å²) >= 11 is 1.42. The maximum atomic E-state index is 14.7. The van der Waals surface area contributed by atoms with Crippen molar-refractivity contribution >= 4 is 39.2 Å². The van der Waals surface area contributed by atoms with E-state index in [9.17, 15) is 9.18 Å². The van der Waals surface area contributed by atoms with Crippen LogP contribution in [0.2, 0.25) is 0 Å². The molecule has 33 heavy (non-hydrogen) atoms. The van der Waals surface area contributed by atoms with Crippen molar-refractivity contribution in [2.75, 3.05) is 0 Å². The summed E-state index contributed by atoms with van der Waals surface area (Å²) in [5, 5.41) is 7.96. The summed E-state index contributed by atoms with van der Waals surface area (Å²) < 4.78 is 14.7. The van der Waals surface area contributed by atoms with E-state index in [0.717, 1.165) is 16.0 Å². The van der Waals surface area contributed by atoms with Gasteiger partial charge in [-0.2, -0.15) is 5.10 Å². The van der Waals surface area contributed by atoms with Gasteiger partial charge < -0.3 is 4.98 Å². The quantitative estimate of drug-likeness (QED) is 0.361. The van der Waals surface area contributed by atoms with Crippen LogP contribution in [0.5, 0.6) is 0 Å². The molecular formula is C23H14FN7OS. The van der Waals surface area contributed by atoms with Crippen molar-refractivity contribution in [1.82, 2.24) is 35.1 Å². The third-order valence-corrected chi connectivity index (χ3v) is 6.58. The highest BCUT2D eigenvalue weighted by atomic mass is 32.1. The fraction of sp³-hybridized carbons (Fsp3) is 0.0435. The minimum atomic E-state index is -0.403. The van der Waals surface area contributed by atoms with Gasteiger partial charge in [-0.1, -0.05) is 0 Å². The Kier molecular flexibility index (Phi) is 4.34. The van der Waals surface area contributed by atoms with E-state index in [0.29, 0.717) is 44.1 Å². The largest absolute Gasteiger partial charge is 0.335 e. The van der Waals surface area contributed by atoms with Crippen molar-refractivity contribution in [3.05, 3.63) is 65.9 Å². The van der Waals surface area contributed by atoms with Gasteiger partial charge in [0.1, 0.15) is 17.8 Å². The number of hydrogen-bond acceptors (Lipinski definition) is 7. The highest BCUT2D eigenvalue weighted by Gasteiger charge is 2.19. The van der Waals surface area contributed by atoms with Gasteiger partial charge in [0.2, 0.25) is 0 Å². The Hall–Kier alpha value is -4.31. The lowest BCUT2D eigenvalue weighted by Gasteiger charge is -2.03. The highest BCUT2D eigenvalue weighted by Crippen LogP contribution is 2.35. The molecule has 0 bridgehead atoms. The first-order valence-electron chi connectivity index (χ1n) is 9.98. The smallest absolute Gasteiger partial charge is 0.178 e. The molecule has 0 saturated heterocycles. The van der Waals surface area contributed by atoms with Crippen molar-refractivity contribution < 1.29 is 9.18 Å². The van der Waals surface area contributed by atoms with Crippen molar-refractivity contribution in [1.29, 1.82) is 0 Å². The van der Waals surface area contributed by atoms with Gasteiger partial charge in [-0.15, -0.1) is 11.3 Å². The molecule has 6 aromatic rings. The van der Waals surface area contributed by atoms with Crippen LogP contribution < -0.4 is 0 Å². The molecule has 0 aliphatic rings. The molecule has 2 N–H and O–H groups in total. The molecular weight excluding hydrogens is 441 g/mol. The number of H-pyrrole nitrogens is 2. The summed E-state index contributed by atoms with van der Waals surface area (Å²) in [5.41, 5.74) is 4.18. The maximum absolute atomic E-state index is 14.7. The van der Waals surface area contributed by atoms with Crippen LogP contribution in [0.25, 0.3) is 55.2 Å². The Morgan fingerprint density at radius 1 is 1.09 bits per heavy atom. The van der Waals surface area contributed by atoms with E-state index in [4.69, 9.17) is 0 Å². The van der Waals surface area contributed by atoms with Crippen LogP contribution >= 0.6 is 11.3 Å². The second-order valence-electron chi connectivity index (χ2n) is 7.44. The van der Waals surface area contributed by atoms with E-state index < -0.39 is 5.82 Å². The van der Waals surface area contributed by atoms with Gasteiger partial charge in [0.05, 0.1) is 15.9 Å². The maximum Gasteiger partial charge on any atom is 0.178 e. The number of pyridine rings is 1. The Morgan fingerprint density at radius 3 is 2.73 bits per heavy atom. The van der Waals surface area contributed by atoms with E-state index in [-0.39, 0.29) is 5.78 Å². The average molecular weight is 455 g/mol. The topological polar surface area (TPSA) is 113 Å². The van der Waals surface area contributed by atoms with Crippen LogP contribution in [0, 0.1) is 5.82 Å². The van der Waals surface area contributed by atoms with Gasteiger partial charge in [-0.3, -0.25) is 9.89 Å². The van der Waals surface area contributed by atoms with Crippen LogP contribution in [0.15, 0.2) is 55.2 Å². The number of carbonyl (C=O) groups excluding carboxylic acids is 1. The van der Waals surface area contributed by atoms with E-state index in [1.807, 2.05) is 18.2 Å². The number of halogens is 1. The van der Waals surface area contributed by atoms with Gasteiger partial charge in [0.15, 0.2) is 17.3 Å². The van der Waals surface area contributed by atoms with Crippen molar-refractivity contribution in [2.45, 2.75) is 6.92 Å². The molecule has 0 fully saturated rings. The molecule has 0 aliphatic carbocycles. The molecule has 0 radical (unpaired) electrons. The number of imidazole rings is 1. The number of rotatable bonds is 4. The minimum Gasteiger partial charge on any atom is -0.335 e. The normalized spacial score (nSPS) is 11.5. The zero-order valence-electron chi connectivity index (χ0n) is 17.1. The first kappa shape index (κ1) is 19.4. The number of thiophene rings is 1.